The van der Waals surface area contributed by atoms with Gasteiger partial charge in [-0.2, -0.15) is 0 Å². The van der Waals surface area contributed by atoms with E-state index in [2.05, 4.69) is 46.6 Å². The lowest BCUT2D eigenvalue weighted by Crippen LogP contribution is -2.38. The van der Waals surface area contributed by atoms with Crippen LogP contribution in [-0.2, 0) is 23.6 Å². The van der Waals surface area contributed by atoms with Crippen molar-refractivity contribution >= 4 is 49.0 Å². The number of aromatic nitrogens is 4. The van der Waals surface area contributed by atoms with Gasteiger partial charge in [-0.05, 0) is 0 Å². The number of carbonyl (C=O) groups excluding carboxylic acids is 1. The fourth-order valence-electron chi connectivity index (χ4n) is 1.85. The number of nitrogens with zero attached hydrogens (tertiary/aromatic N) is 4. The predicted octanol–water partition coefficient (Wildman–Crippen LogP) is 0.400. The molecule has 0 amide bonds. The molecule has 10 heteroatoms. The summed E-state index contributed by atoms with van der Waals surface area (Å²) < 4.78 is 6.84. The van der Waals surface area contributed by atoms with Crippen molar-refractivity contribution in [2.75, 3.05) is 7.11 Å². The molecular weight excluding hydrogens is 424 g/mol. The zero-order valence-electron chi connectivity index (χ0n) is 11.9. The molecular formula is C12H12Br2N4O4. The predicted molar refractivity (Wildman–Crippen MR) is 86.4 cm³/mol. The summed E-state index contributed by atoms with van der Waals surface area (Å²) >= 11 is 6.54. The molecule has 0 aliphatic heterocycles. The minimum Gasteiger partial charge on any atom is -0.468 e. The van der Waals surface area contributed by atoms with E-state index < -0.39 is 26.9 Å². The Morgan fingerprint density at radius 2 is 1.91 bits per heavy atom. The molecule has 2 aromatic rings. The van der Waals surface area contributed by atoms with Crippen molar-refractivity contribution in [1.82, 2.24) is 19.1 Å². The van der Waals surface area contributed by atoms with Crippen molar-refractivity contribution in [2.45, 2.75) is 9.65 Å². The Hall–Kier alpha value is -1.55. The molecule has 0 radical (unpaired) electrons. The van der Waals surface area contributed by atoms with E-state index in [1.165, 1.54) is 32.0 Å². The summed E-state index contributed by atoms with van der Waals surface area (Å²) in [6.45, 7) is 0. The molecule has 2 unspecified atom stereocenters. The van der Waals surface area contributed by atoms with E-state index in [0.717, 1.165) is 4.57 Å². The second kappa shape index (κ2) is 6.29. The van der Waals surface area contributed by atoms with E-state index in [4.69, 9.17) is 0 Å². The van der Waals surface area contributed by atoms with Crippen molar-refractivity contribution in [1.29, 1.82) is 0 Å². The van der Waals surface area contributed by atoms with Crippen LogP contribution >= 0.6 is 31.9 Å². The number of methoxy groups -OCH3 is 1. The molecule has 118 valence electrons. The number of aryl methyl sites for hydroxylation is 1. The minimum atomic E-state index is -0.687. The van der Waals surface area contributed by atoms with Crippen LogP contribution in [0.5, 0.6) is 0 Å². The van der Waals surface area contributed by atoms with Gasteiger partial charge in [0.25, 0.3) is 5.56 Å². The summed E-state index contributed by atoms with van der Waals surface area (Å²) in [7, 11) is 4.15. The highest BCUT2D eigenvalue weighted by molar-refractivity contribution is 9.12. The topological polar surface area (TPSA) is 96.1 Å². The first-order valence-electron chi connectivity index (χ1n) is 6.08. The SMILES string of the molecule is COC(=O)C(Br)C(Br)c1cnc2c(=O)n(C)c(=O)n(C)c2n1. The van der Waals surface area contributed by atoms with Crippen LogP contribution in [0.15, 0.2) is 15.8 Å². The zero-order chi connectivity index (χ0) is 16.6. The molecule has 0 saturated carbocycles. The standard InChI is InChI=1S/C12H12Br2N4O4/c1-17-9-8(10(19)18(2)12(17)21)15-4-5(16-9)6(13)7(14)11(20)22-3/h4,6-7H,1-3H3. The van der Waals surface area contributed by atoms with Crippen molar-refractivity contribution < 1.29 is 9.53 Å². The molecule has 0 aromatic carbocycles. The number of alkyl halides is 2. The molecule has 8 nitrogen and oxygen atoms in total. The number of halogens is 2. The first-order chi connectivity index (χ1) is 10.3. The largest absolute Gasteiger partial charge is 0.468 e. The van der Waals surface area contributed by atoms with Gasteiger partial charge in [0.2, 0.25) is 0 Å². The number of esters is 1. The third-order valence-electron chi connectivity index (χ3n) is 3.14. The molecule has 2 heterocycles. The van der Waals surface area contributed by atoms with E-state index in [0.29, 0.717) is 5.69 Å². The summed E-state index contributed by atoms with van der Waals surface area (Å²) in [5.74, 6) is -0.485. The quantitative estimate of drug-likeness (QED) is 0.511. The average Bonchev–Trinajstić information content (AvgIpc) is 2.55. The molecule has 0 bridgehead atoms. The minimum absolute atomic E-state index is 0.0808. The molecule has 0 saturated heterocycles. The molecule has 22 heavy (non-hydrogen) atoms. The van der Waals surface area contributed by atoms with Gasteiger partial charge in [-0.25, -0.2) is 14.8 Å². The van der Waals surface area contributed by atoms with Gasteiger partial charge in [0.1, 0.15) is 4.83 Å². The normalized spacial score (nSPS) is 13.9. The molecule has 0 spiro atoms. The van der Waals surface area contributed by atoms with Gasteiger partial charge in [-0.15, -0.1) is 0 Å². The van der Waals surface area contributed by atoms with Crippen molar-refractivity contribution in [2.24, 2.45) is 14.1 Å². The van der Waals surface area contributed by atoms with Crippen LogP contribution in [0.25, 0.3) is 11.2 Å². The van der Waals surface area contributed by atoms with Crippen LogP contribution in [-0.4, -0.2) is 37.0 Å². The zero-order valence-corrected chi connectivity index (χ0v) is 15.1. The lowest BCUT2D eigenvalue weighted by atomic mass is 10.2. The van der Waals surface area contributed by atoms with E-state index in [1.54, 1.807) is 0 Å². The van der Waals surface area contributed by atoms with E-state index in [-0.39, 0.29) is 11.2 Å². The number of hydrogen-bond donors (Lipinski definition) is 0. The van der Waals surface area contributed by atoms with Crippen LogP contribution in [0.4, 0.5) is 0 Å². The maximum absolute atomic E-state index is 12.0. The van der Waals surface area contributed by atoms with Crippen LogP contribution < -0.4 is 11.2 Å². The number of fused-ring (bicyclic) bond motifs is 1. The van der Waals surface area contributed by atoms with E-state index >= 15 is 0 Å². The van der Waals surface area contributed by atoms with Crippen molar-refractivity contribution in [3.05, 3.63) is 32.7 Å². The maximum atomic E-state index is 12.0. The number of rotatable bonds is 3. The highest BCUT2D eigenvalue weighted by Crippen LogP contribution is 2.30. The van der Waals surface area contributed by atoms with Gasteiger partial charge in [0.05, 0.1) is 23.8 Å². The summed E-state index contributed by atoms with van der Waals surface area (Å²) in [6, 6.07) is 0. The maximum Gasteiger partial charge on any atom is 0.332 e. The highest BCUT2D eigenvalue weighted by atomic mass is 79.9. The second-order valence-corrected chi connectivity index (χ2v) is 6.47. The Kier molecular flexibility index (Phi) is 4.81. The van der Waals surface area contributed by atoms with Crippen molar-refractivity contribution in [3.8, 4) is 0 Å². The molecule has 0 aliphatic rings. The molecule has 0 fully saturated rings. The summed E-state index contributed by atoms with van der Waals surface area (Å²) in [4.78, 5) is 42.6. The average molecular weight is 436 g/mol. The molecule has 0 aliphatic carbocycles. The Bertz CT molecular complexity index is 861. The van der Waals surface area contributed by atoms with Gasteiger partial charge in [-0.3, -0.25) is 18.7 Å². The fourth-order valence-corrected chi connectivity index (χ4v) is 2.75. The van der Waals surface area contributed by atoms with E-state index in [1.807, 2.05) is 0 Å². The summed E-state index contributed by atoms with van der Waals surface area (Å²) in [5.41, 5.74) is -0.398. The fraction of sp³-hybridized carbons (Fsp3) is 0.417. The Morgan fingerprint density at radius 1 is 1.27 bits per heavy atom. The molecule has 2 aromatic heterocycles. The molecule has 2 atom stereocenters. The second-order valence-electron chi connectivity index (χ2n) is 4.50. The van der Waals surface area contributed by atoms with Crippen LogP contribution in [0.3, 0.4) is 0 Å². The molecule has 2 rings (SSSR count). The number of ether oxygens (including phenoxy) is 1. The monoisotopic (exact) mass is 434 g/mol. The number of hydrogen-bond acceptors (Lipinski definition) is 6. The Balaban J connectivity index is 2.63. The summed E-state index contributed by atoms with van der Waals surface area (Å²) in [6.07, 6.45) is 1.38. The highest BCUT2D eigenvalue weighted by Gasteiger charge is 2.28. The Morgan fingerprint density at radius 3 is 2.50 bits per heavy atom. The first-order valence-corrected chi connectivity index (χ1v) is 7.91. The van der Waals surface area contributed by atoms with E-state index in [9.17, 15) is 14.4 Å². The Labute approximate surface area is 141 Å². The van der Waals surface area contributed by atoms with Gasteiger partial charge >= 0.3 is 11.7 Å². The lowest BCUT2D eigenvalue weighted by Gasteiger charge is -2.15. The smallest absolute Gasteiger partial charge is 0.332 e. The van der Waals surface area contributed by atoms with Crippen molar-refractivity contribution in [3.63, 3.8) is 0 Å². The molecule has 0 N–H and O–H groups in total. The van der Waals surface area contributed by atoms with Gasteiger partial charge in [0, 0.05) is 14.1 Å². The van der Waals surface area contributed by atoms with Crippen LogP contribution in [0, 0.1) is 0 Å². The van der Waals surface area contributed by atoms with Crippen LogP contribution in [0.2, 0.25) is 0 Å². The van der Waals surface area contributed by atoms with Gasteiger partial charge < -0.3 is 4.74 Å². The third-order valence-corrected chi connectivity index (χ3v) is 5.75. The van der Waals surface area contributed by atoms with Gasteiger partial charge in [0.15, 0.2) is 11.2 Å². The first kappa shape index (κ1) is 16.8. The lowest BCUT2D eigenvalue weighted by molar-refractivity contribution is -0.139. The summed E-state index contributed by atoms with van der Waals surface area (Å²) in [5, 5.41) is 0. The third kappa shape index (κ3) is 2.72. The van der Waals surface area contributed by atoms with Gasteiger partial charge in [-0.1, -0.05) is 31.9 Å². The van der Waals surface area contributed by atoms with Crippen LogP contribution in [0.1, 0.15) is 10.5 Å². The number of carbonyl (C=O) groups is 1.